The van der Waals surface area contributed by atoms with Crippen LogP contribution < -0.4 is 10.6 Å². The zero-order chi connectivity index (χ0) is 14.7. The van der Waals surface area contributed by atoms with E-state index in [0.29, 0.717) is 11.4 Å². The predicted molar refractivity (Wildman–Crippen MR) is 81.2 cm³/mol. The molecule has 1 saturated carbocycles. The fourth-order valence-corrected chi connectivity index (χ4v) is 2.43. The van der Waals surface area contributed by atoms with Crippen LogP contribution in [0.4, 0.5) is 5.00 Å². The van der Waals surface area contributed by atoms with Crippen LogP contribution in [0.25, 0.3) is 0 Å². The first-order valence-corrected chi connectivity index (χ1v) is 7.64. The van der Waals surface area contributed by atoms with E-state index in [0.717, 1.165) is 17.8 Å². The standard InChI is InChI=1S/C14H21N3O2S/c1-9(17(2)3)8-15-14(19)11-6-7-12(20-11)16-13(18)10-4-5-10/h6-7,9-10H,4-5,8H2,1-3H3,(H,15,19)(H,16,18)/t9-/m0/s1. The molecule has 2 rings (SSSR count). The first kappa shape index (κ1) is 15.0. The molecule has 0 radical (unpaired) electrons. The van der Waals surface area contributed by atoms with Gasteiger partial charge in [-0.3, -0.25) is 9.59 Å². The average molecular weight is 295 g/mol. The summed E-state index contributed by atoms with van der Waals surface area (Å²) >= 11 is 1.32. The molecule has 1 fully saturated rings. The third-order valence-electron chi connectivity index (χ3n) is 3.46. The molecule has 1 aromatic rings. The molecule has 2 N–H and O–H groups in total. The van der Waals surface area contributed by atoms with E-state index in [4.69, 9.17) is 0 Å². The highest BCUT2D eigenvalue weighted by molar-refractivity contribution is 7.18. The van der Waals surface area contributed by atoms with Gasteiger partial charge in [-0.2, -0.15) is 0 Å². The topological polar surface area (TPSA) is 61.4 Å². The second-order valence-corrected chi connectivity index (χ2v) is 6.53. The molecule has 1 atom stereocenters. The molecule has 1 heterocycles. The first-order valence-electron chi connectivity index (χ1n) is 6.82. The Morgan fingerprint density at radius 2 is 2.10 bits per heavy atom. The Hall–Kier alpha value is -1.40. The van der Waals surface area contributed by atoms with Gasteiger partial charge in [0.2, 0.25) is 5.91 Å². The van der Waals surface area contributed by atoms with Gasteiger partial charge in [0.05, 0.1) is 9.88 Å². The first-order chi connectivity index (χ1) is 9.47. The van der Waals surface area contributed by atoms with Crippen LogP contribution in [0.2, 0.25) is 0 Å². The summed E-state index contributed by atoms with van der Waals surface area (Å²) in [5.74, 6) is 0.158. The van der Waals surface area contributed by atoms with Crippen LogP contribution in [0.1, 0.15) is 29.4 Å². The minimum absolute atomic E-state index is 0.0695. The highest BCUT2D eigenvalue weighted by atomic mass is 32.1. The van der Waals surface area contributed by atoms with Gasteiger partial charge >= 0.3 is 0 Å². The number of thiophene rings is 1. The van der Waals surface area contributed by atoms with Crippen LogP contribution in [0.15, 0.2) is 12.1 Å². The third-order valence-corrected chi connectivity index (χ3v) is 4.46. The van der Waals surface area contributed by atoms with Gasteiger partial charge in [-0.15, -0.1) is 11.3 Å². The lowest BCUT2D eigenvalue weighted by molar-refractivity contribution is -0.117. The van der Waals surface area contributed by atoms with Gasteiger partial charge in [0, 0.05) is 18.5 Å². The molecule has 0 saturated heterocycles. The number of hydrogen-bond acceptors (Lipinski definition) is 4. The van der Waals surface area contributed by atoms with E-state index < -0.39 is 0 Å². The summed E-state index contributed by atoms with van der Waals surface area (Å²) < 4.78 is 0. The monoisotopic (exact) mass is 295 g/mol. The Kier molecular flexibility index (Phi) is 4.77. The van der Waals surface area contributed by atoms with E-state index in [-0.39, 0.29) is 23.8 Å². The van der Waals surface area contributed by atoms with Crippen LogP contribution in [0.3, 0.4) is 0 Å². The average Bonchev–Trinajstić information content (AvgIpc) is 3.16. The normalized spacial score (nSPS) is 16.0. The third kappa shape index (κ3) is 4.05. The van der Waals surface area contributed by atoms with Gasteiger partial charge in [-0.05, 0) is 46.0 Å². The molecule has 0 aliphatic heterocycles. The van der Waals surface area contributed by atoms with Crippen molar-refractivity contribution >= 4 is 28.2 Å². The van der Waals surface area contributed by atoms with Crippen molar-refractivity contribution in [1.29, 1.82) is 0 Å². The molecule has 0 bridgehead atoms. The fourth-order valence-electron chi connectivity index (χ4n) is 1.61. The summed E-state index contributed by atoms with van der Waals surface area (Å²) in [5, 5.41) is 6.50. The molecule has 0 aromatic carbocycles. The summed E-state index contributed by atoms with van der Waals surface area (Å²) in [7, 11) is 3.96. The quantitative estimate of drug-likeness (QED) is 0.841. The number of hydrogen-bond donors (Lipinski definition) is 2. The molecule has 0 unspecified atom stereocenters. The number of nitrogens with zero attached hydrogens (tertiary/aromatic N) is 1. The molecule has 1 aliphatic carbocycles. The predicted octanol–water partition coefficient (Wildman–Crippen LogP) is 1.78. The Balaban J connectivity index is 1.84. The molecule has 110 valence electrons. The lowest BCUT2D eigenvalue weighted by atomic mass is 10.3. The fraction of sp³-hybridized carbons (Fsp3) is 0.571. The number of carbonyl (C=O) groups excluding carboxylic acids is 2. The van der Waals surface area contributed by atoms with Crippen molar-refractivity contribution in [1.82, 2.24) is 10.2 Å². The molecule has 2 amide bonds. The highest BCUT2D eigenvalue weighted by Crippen LogP contribution is 2.31. The number of anilines is 1. The molecule has 6 heteroatoms. The van der Waals surface area contributed by atoms with Gasteiger partial charge < -0.3 is 15.5 Å². The highest BCUT2D eigenvalue weighted by Gasteiger charge is 2.29. The maximum Gasteiger partial charge on any atom is 0.261 e. The summed E-state index contributed by atoms with van der Waals surface area (Å²) in [6.07, 6.45) is 1.96. The van der Waals surface area contributed by atoms with Crippen molar-refractivity contribution < 1.29 is 9.59 Å². The number of likely N-dealkylation sites (N-methyl/N-ethyl adjacent to an activating group) is 1. The lowest BCUT2D eigenvalue weighted by Crippen LogP contribution is -2.37. The van der Waals surface area contributed by atoms with E-state index in [9.17, 15) is 9.59 Å². The molecular formula is C14H21N3O2S. The van der Waals surface area contributed by atoms with Crippen molar-refractivity contribution in [2.45, 2.75) is 25.8 Å². The van der Waals surface area contributed by atoms with Crippen LogP contribution >= 0.6 is 11.3 Å². The van der Waals surface area contributed by atoms with E-state index in [1.54, 1.807) is 12.1 Å². The number of rotatable bonds is 6. The van der Waals surface area contributed by atoms with Crippen molar-refractivity contribution in [2.24, 2.45) is 5.92 Å². The zero-order valence-electron chi connectivity index (χ0n) is 12.1. The number of nitrogens with one attached hydrogen (secondary N) is 2. The molecule has 1 aliphatic rings. The van der Waals surface area contributed by atoms with Gasteiger partial charge in [-0.1, -0.05) is 0 Å². The second-order valence-electron chi connectivity index (χ2n) is 5.45. The molecule has 1 aromatic heterocycles. The van der Waals surface area contributed by atoms with Gasteiger partial charge in [0.1, 0.15) is 0 Å². The van der Waals surface area contributed by atoms with Crippen LogP contribution in [-0.4, -0.2) is 43.4 Å². The van der Waals surface area contributed by atoms with Gasteiger partial charge in [0.25, 0.3) is 5.91 Å². The summed E-state index contributed by atoms with van der Waals surface area (Å²) in [6, 6.07) is 3.82. The largest absolute Gasteiger partial charge is 0.350 e. The van der Waals surface area contributed by atoms with E-state index in [2.05, 4.69) is 22.5 Å². The summed E-state index contributed by atoms with van der Waals surface area (Å²) in [5.41, 5.74) is 0. The zero-order valence-corrected chi connectivity index (χ0v) is 12.9. The molecule has 20 heavy (non-hydrogen) atoms. The van der Waals surface area contributed by atoms with Crippen molar-refractivity contribution in [3.8, 4) is 0 Å². The smallest absolute Gasteiger partial charge is 0.261 e. The Morgan fingerprint density at radius 3 is 2.70 bits per heavy atom. The van der Waals surface area contributed by atoms with E-state index in [1.165, 1.54) is 11.3 Å². The number of amides is 2. The Bertz CT molecular complexity index is 494. The van der Waals surface area contributed by atoms with E-state index >= 15 is 0 Å². The Morgan fingerprint density at radius 1 is 1.40 bits per heavy atom. The van der Waals surface area contributed by atoms with E-state index in [1.807, 2.05) is 14.1 Å². The number of carbonyl (C=O) groups is 2. The molecule has 5 nitrogen and oxygen atoms in total. The van der Waals surface area contributed by atoms with Crippen LogP contribution in [-0.2, 0) is 4.79 Å². The summed E-state index contributed by atoms with van der Waals surface area (Å²) in [4.78, 5) is 26.3. The van der Waals surface area contributed by atoms with Crippen molar-refractivity contribution in [3.05, 3.63) is 17.0 Å². The van der Waals surface area contributed by atoms with Crippen LogP contribution in [0, 0.1) is 5.92 Å². The van der Waals surface area contributed by atoms with Crippen LogP contribution in [0.5, 0.6) is 0 Å². The van der Waals surface area contributed by atoms with Gasteiger partial charge in [0.15, 0.2) is 0 Å². The minimum Gasteiger partial charge on any atom is -0.350 e. The minimum atomic E-state index is -0.0874. The molecule has 0 spiro atoms. The maximum absolute atomic E-state index is 12.0. The summed E-state index contributed by atoms with van der Waals surface area (Å²) in [6.45, 7) is 2.66. The lowest BCUT2D eigenvalue weighted by Gasteiger charge is -2.19. The SMILES string of the molecule is C[C@@H](CNC(=O)c1ccc(NC(=O)C2CC2)s1)N(C)C. The van der Waals surface area contributed by atoms with Gasteiger partial charge in [-0.25, -0.2) is 0 Å². The second kappa shape index (κ2) is 6.37. The van der Waals surface area contributed by atoms with Crippen molar-refractivity contribution in [2.75, 3.05) is 26.0 Å². The maximum atomic E-state index is 12.0. The van der Waals surface area contributed by atoms with Crippen molar-refractivity contribution in [3.63, 3.8) is 0 Å². The Labute approximate surface area is 123 Å². The molecular weight excluding hydrogens is 274 g/mol.